The van der Waals surface area contributed by atoms with Crippen molar-refractivity contribution in [2.24, 2.45) is 10.9 Å². The highest BCUT2D eigenvalue weighted by Gasteiger charge is 2.12. The maximum absolute atomic E-state index is 13.2. The molecule has 1 aromatic carbocycles. The van der Waals surface area contributed by atoms with Crippen molar-refractivity contribution in [2.45, 2.75) is 19.3 Å². The van der Waals surface area contributed by atoms with Crippen LogP contribution >= 0.6 is 15.9 Å². The second kappa shape index (κ2) is 7.73. The van der Waals surface area contributed by atoms with E-state index in [0.717, 1.165) is 0 Å². The van der Waals surface area contributed by atoms with Crippen molar-refractivity contribution < 1.29 is 14.4 Å². The number of nitrogens with two attached hydrogens (primary N) is 1. The van der Waals surface area contributed by atoms with Gasteiger partial charge in [0.1, 0.15) is 11.7 Å². The standard InChI is InChI=1S/C12H15BrFN3O2/c13-11-8(4-3-5-9(11)14)12(18)16-7-2-1-6-10(15)17-19/h3-5,19H,1-2,6-7H2,(H2,15,17)(H,16,18). The topological polar surface area (TPSA) is 87.7 Å². The number of hydrogen-bond donors (Lipinski definition) is 3. The summed E-state index contributed by atoms with van der Waals surface area (Å²) in [5.74, 6) is -0.644. The SMILES string of the molecule is N/C(CCCCNC(=O)c1cccc(F)c1Br)=N/O. The first-order valence-electron chi connectivity index (χ1n) is 5.75. The maximum atomic E-state index is 13.2. The first kappa shape index (κ1) is 15.4. The van der Waals surface area contributed by atoms with Gasteiger partial charge in [0.25, 0.3) is 5.91 Å². The molecule has 104 valence electrons. The number of amides is 1. The molecule has 0 spiro atoms. The van der Waals surface area contributed by atoms with E-state index in [4.69, 9.17) is 10.9 Å². The molecule has 1 aromatic rings. The number of amidine groups is 1. The normalized spacial score (nSPS) is 11.4. The summed E-state index contributed by atoms with van der Waals surface area (Å²) in [7, 11) is 0. The van der Waals surface area contributed by atoms with E-state index in [1.54, 1.807) is 6.07 Å². The van der Waals surface area contributed by atoms with Crippen molar-refractivity contribution in [1.29, 1.82) is 0 Å². The van der Waals surface area contributed by atoms with E-state index in [2.05, 4.69) is 26.4 Å². The molecule has 7 heteroatoms. The molecule has 0 radical (unpaired) electrons. The first-order chi connectivity index (χ1) is 9.06. The van der Waals surface area contributed by atoms with E-state index >= 15 is 0 Å². The van der Waals surface area contributed by atoms with E-state index in [1.165, 1.54) is 12.1 Å². The van der Waals surface area contributed by atoms with Gasteiger partial charge < -0.3 is 16.3 Å². The number of nitrogens with one attached hydrogen (secondary N) is 1. The molecule has 4 N–H and O–H groups in total. The Bertz CT molecular complexity index is 480. The van der Waals surface area contributed by atoms with Crippen molar-refractivity contribution in [3.63, 3.8) is 0 Å². The van der Waals surface area contributed by atoms with Gasteiger partial charge in [0.15, 0.2) is 0 Å². The number of unbranched alkanes of at least 4 members (excludes halogenated alkanes) is 1. The Morgan fingerprint density at radius 1 is 1.47 bits per heavy atom. The van der Waals surface area contributed by atoms with Crippen molar-refractivity contribution in [3.8, 4) is 0 Å². The van der Waals surface area contributed by atoms with Gasteiger partial charge in [0.05, 0.1) is 10.0 Å². The van der Waals surface area contributed by atoms with Crippen LogP contribution in [0.3, 0.4) is 0 Å². The highest BCUT2D eigenvalue weighted by Crippen LogP contribution is 2.20. The Hall–Kier alpha value is -1.63. The van der Waals surface area contributed by atoms with E-state index in [9.17, 15) is 9.18 Å². The molecule has 0 aliphatic heterocycles. The van der Waals surface area contributed by atoms with Gasteiger partial charge in [-0.05, 0) is 40.9 Å². The smallest absolute Gasteiger partial charge is 0.252 e. The lowest BCUT2D eigenvalue weighted by atomic mass is 10.2. The van der Waals surface area contributed by atoms with E-state index < -0.39 is 5.82 Å². The predicted octanol–water partition coefficient (Wildman–Crippen LogP) is 2.23. The molecular weight excluding hydrogens is 317 g/mol. The molecule has 0 bridgehead atoms. The van der Waals surface area contributed by atoms with Crippen LogP contribution in [0.4, 0.5) is 4.39 Å². The minimum atomic E-state index is -0.473. The van der Waals surface area contributed by atoms with Crippen LogP contribution in [0.15, 0.2) is 27.8 Å². The fourth-order valence-electron chi connectivity index (χ4n) is 1.46. The van der Waals surface area contributed by atoms with E-state index in [-0.39, 0.29) is 21.8 Å². The average molecular weight is 332 g/mol. The van der Waals surface area contributed by atoms with Crippen LogP contribution in [0.1, 0.15) is 29.6 Å². The van der Waals surface area contributed by atoms with E-state index in [1.807, 2.05) is 0 Å². The zero-order valence-corrected chi connectivity index (χ0v) is 11.8. The molecule has 0 saturated carbocycles. The van der Waals surface area contributed by atoms with Gasteiger partial charge in [0.2, 0.25) is 0 Å². The van der Waals surface area contributed by atoms with E-state index in [0.29, 0.717) is 25.8 Å². The van der Waals surface area contributed by atoms with Crippen molar-refractivity contribution in [1.82, 2.24) is 5.32 Å². The summed E-state index contributed by atoms with van der Waals surface area (Å²) < 4.78 is 13.4. The zero-order valence-electron chi connectivity index (χ0n) is 10.2. The Morgan fingerprint density at radius 2 is 2.21 bits per heavy atom. The lowest BCUT2D eigenvalue weighted by Crippen LogP contribution is -2.25. The summed E-state index contributed by atoms with van der Waals surface area (Å²) in [5, 5.41) is 13.9. The highest BCUT2D eigenvalue weighted by molar-refractivity contribution is 9.10. The van der Waals surface area contributed by atoms with Crippen LogP contribution in [0.2, 0.25) is 0 Å². The summed E-state index contributed by atoms with van der Waals surface area (Å²) in [6, 6.07) is 4.30. The maximum Gasteiger partial charge on any atom is 0.252 e. The number of oxime groups is 1. The zero-order chi connectivity index (χ0) is 14.3. The Kier molecular flexibility index (Phi) is 6.27. The van der Waals surface area contributed by atoms with Crippen LogP contribution in [-0.4, -0.2) is 23.5 Å². The van der Waals surface area contributed by atoms with Crippen molar-refractivity contribution >= 4 is 27.7 Å². The van der Waals surface area contributed by atoms with Gasteiger partial charge in [-0.25, -0.2) is 4.39 Å². The average Bonchev–Trinajstić information content (AvgIpc) is 2.40. The molecule has 0 atom stereocenters. The molecule has 5 nitrogen and oxygen atoms in total. The van der Waals surface area contributed by atoms with Gasteiger partial charge in [-0.15, -0.1) is 0 Å². The number of carbonyl (C=O) groups is 1. The second-order valence-electron chi connectivity index (χ2n) is 3.91. The lowest BCUT2D eigenvalue weighted by molar-refractivity contribution is 0.0951. The number of nitrogens with zero attached hydrogens (tertiary/aromatic N) is 1. The third kappa shape index (κ3) is 4.86. The summed E-state index contributed by atoms with van der Waals surface area (Å²) in [4.78, 5) is 11.8. The molecule has 0 heterocycles. The molecule has 0 aliphatic carbocycles. The Balaban J connectivity index is 2.38. The monoisotopic (exact) mass is 331 g/mol. The molecular formula is C12H15BrFN3O2. The minimum Gasteiger partial charge on any atom is -0.409 e. The lowest BCUT2D eigenvalue weighted by Gasteiger charge is -2.07. The fourth-order valence-corrected chi connectivity index (χ4v) is 1.90. The predicted molar refractivity (Wildman–Crippen MR) is 73.7 cm³/mol. The first-order valence-corrected chi connectivity index (χ1v) is 6.54. The quantitative estimate of drug-likeness (QED) is 0.245. The Morgan fingerprint density at radius 3 is 2.89 bits per heavy atom. The molecule has 19 heavy (non-hydrogen) atoms. The molecule has 0 saturated heterocycles. The van der Waals surface area contributed by atoms with Gasteiger partial charge in [-0.1, -0.05) is 11.2 Å². The van der Waals surface area contributed by atoms with Crippen LogP contribution in [-0.2, 0) is 0 Å². The number of benzene rings is 1. The summed E-state index contributed by atoms with van der Waals surface area (Å²) in [5.41, 5.74) is 5.57. The number of rotatable bonds is 6. The number of hydrogen-bond acceptors (Lipinski definition) is 3. The molecule has 0 aliphatic rings. The van der Waals surface area contributed by atoms with Crippen LogP contribution in [0.25, 0.3) is 0 Å². The number of halogens is 2. The third-order valence-electron chi connectivity index (χ3n) is 2.47. The van der Waals surface area contributed by atoms with Crippen LogP contribution in [0.5, 0.6) is 0 Å². The second-order valence-corrected chi connectivity index (χ2v) is 4.70. The highest BCUT2D eigenvalue weighted by atomic mass is 79.9. The molecule has 1 amide bonds. The Labute approximate surface area is 118 Å². The van der Waals surface area contributed by atoms with Crippen LogP contribution in [0, 0.1) is 5.82 Å². The van der Waals surface area contributed by atoms with Gasteiger partial charge in [-0.2, -0.15) is 0 Å². The van der Waals surface area contributed by atoms with Gasteiger partial charge in [0, 0.05) is 13.0 Å². The van der Waals surface area contributed by atoms with Gasteiger partial charge >= 0.3 is 0 Å². The van der Waals surface area contributed by atoms with Gasteiger partial charge in [-0.3, -0.25) is 4.79 Å². The minimum absolute atomic E-state index is 0.157. The van der Waals surface area contributed by atoms with Crippen molar-refractivity contribution in [2.75, 3.05) is 6.54 Å². The molecule has 1 rings (SSSR count). The van der Waals surface area contributed by atoms with Crippen LogP contribution < -0.4 is 11.1 Å². The summed E-state index contributed by atoms with van der Waals surface area (Å²) in [6.07, 6.45) is 1.85. The fraction of sp³-hybridized carbons (Fsp3) is 0.333. The van der Waals surface area contributed by atoms with Crippen molar-refractivity contribution in [3.05, 3.63) is 34.1 Å². The largest absolute Gasteiger partial charge is 0.409 e. The summed E-state index contributed by atoms with van der Waals surface area (Å²) in [6.45, 7) is 0.445. The number of carbonyl (C=O) groups excluding carboxylic acids is 1. The molecule has 0 fully saturated rings. The summed E-state index contributed by atoms with van der Waals surface area (Å²) >= 11 is 3.04. The molecule has 0 unspecified atom stereocenters. The molecule has 0 aromatic heterocycles. The third-order valence-corrected chi connectivity index (χ3v) is 3.28.